The summed E-state index contributed by atoms with van der Waals surface area (Å²) in [5.41, 5.74) is 0. The van der Waals surface area contributed by atoms with Crippen molar-refractivity contribution in [1.29, 1.82) is 0 Å². The molecule has 1 aromatic heterocycles. The molecule has 1 unspecified atom stereocenters. The molecule has 1 aliphatic heterocycles. The van der Waals surface area contributed by atoms with Crippen LogP contribution in [0, 0.1) is 0 Å². The number of rotatable bonds is 4. The second-order valence-corrected chi connectivity index (χ2v) is 4.54. The maximum Gasteiger partial charge on any atom is 0.345 e. The second kappa shape index (κ2) is 4.74. The summed E-state index contributed by atoms with van der Waals surface area (Å²) in [5, 5.41) is 8.73. The molecule has 1 fully saturated rings. The van der Waals surface area contributed by atoms with Gasteiger partial charge >= 0.3 is 5.97 Å². The van der Waals surface area contributed by atoms with E-state index in [0.29, 0.717) is 18.1 Å². The molecule has 5 heteroatoms. The Kier molecular flexibility index (Phi) is 3.35. The Labute approximate surface area is 91.4 Å². The third-order valence-corrected chi connectivity index (χ3v) is 3.27. The van der Waals surface area contributed by atoms with E-state index in [9.17, 15) is 4.79 Å². The van der Waals surface area contributed by atoms with E-state index in [1.807, 2.05) is 0 Å². The highest BCUT2D eigenvalue weighted by Gasteiger charge is 2.16. The van der Waals surface area contributed by atoms with E-state index < -0.39 is 5.97 Å². The van der Waals surface area contributed by atoms with Gasteiger partial charge in [0.05, 0.1) is 19.3 Å². The molecule has 0 aromatic carbocycles. The van der Waals surface area contributed by atoms with Crippen LogP contribution in [0.25, 0.3) is 0 Å². The van der Waals surface area contributed by atoms with Crippen LogP contribution >= 0.6 is 11.3 Å². The maximum atomic E-state index is 10.6. The van der Waals surface area contributed by atoms with Gasteiger partial charge in [0.2, 0.25) is 0 Å². The average molecular weight is 228 g/mol. The van der Waals surface area contributed by atoms with E-state index in [0.717, 1.165) is 17.9 Å². The van der Waals surface area contributed by atoms with Gasteiger partial charge in [0.15, 0.2) is 0 Å². The van der Waals surface area contributed by atoms with Crippen molar-refractivity contribution >= 4 is 17.3 Å². The van der Waals surface area contributed by atoms with E-state index in [1.165, 1.54) is 11.3 Å². The van der Waals surface area contributed by atoms with Crippen LogP contribution < -0.4 is 0 Å². The molecule has 15 heavy (non-hydrogen) atoms. The number of carboxylic acid groups (broad SMARTS) is 1. The molecule has 0 spiro atoms. The van der Waals surface area contributed by atoms with Crippen LogP contribution in [-0.2, 0) is 16.1 Å². The summed E-state index contributed by atoms with van der Waals surface area (Å²) < 4.78 is 10.7. The van der Waals surface area contributed by atoms with Crippen LogP contribution in [0.4, 0.5) is 0 Å². The average Bonchev–Trinajstić information content (AvgIpc) is 2.86. The van der Waals surface area contributed by atoms with Gasteiger partial charge in [-0.1, -0.05) is 0 Å². The van der Waals surface area contributed by atoms with Crippen LogP contribution in [-0.4, -0.2) is 30.4 Å². The Morgan fingerprint density at radius 1 is 1.67 bits per heavy atom. The van der Waals surface area contributed by atoms with Gasteiger partial charge in [-0.15, -0.1) is 11.3 Å². The lowest BCUT2D eigenvalue weighted by molar-refractivity contribution is 0.0331. The monoisotopic (exact) mass is 228 g/mol. The predicted molar refractivity (Wildman–Crippen MR) is 55.3 cm³/mol. The van der Waals surface area contributed by atoms with Crippen LogP contribution in [0.15, 0.2) is 12.1 Å². The molecule has 1 saturated heterocycles. The zero-order valence-electron chi connectivity index (χ0n) is 8.14. The van der Waals surface area contributed by atoms with Crippen LogP contribution in [0.3, 0.4) is 0 Å². The summed E-state index contributed by atoms with van der Waals surface area (Å²) >= 11 is 1.26. The lowest BCUT2D eigenvalue weighted by Gasteiger charge is -2.07. The number of hydrogen-bond donors (Lipinski definition) is 1. The molecule has 1 aliphatic rings. The minimum Gasteiger partial charge on any atom is -0.477 e. The molecule has 0 amide bonds. The normalized spacial score (nSPS) is 20.7. The van der Waals surface area contributed by atoms with Gasteiger partial charge in [0.25, 0.3) is 0 Å². The number of ether oxygens (including phenoxy) is 2. The summed E-state index contributed by atoms with van der Waals surface area (Å²) in [7, 11) is 0. The Morgan fingerprint density at radius 2 is 2.53 bits per heavy atom. The van der Waals surface area contributed by atoms with Crippen molar-refractivity contribution in [3.05, 3.63) is 21.9 Å². The zero-order chi connectivity index (χ0) is 10.7. The fraction of sp³-hybridized carbons (Fsp3) is 0.500. The first kappa shape index (κ1) is 10.6. The van der Waals surface area contributed by atoms with E-state index in [-0.39, 0.29) is 6.10 Å². The van der Waals surface area contributed by atoms with E-state index in [4.69, 9.17) is 14.6 Å². The molecule has 1 atom stereocenters. The highest BCUT2D eigenvalue weighted by molar-refractivity contribution is 7.13. The van der Waals surface area contributed by atoms with Crippen molar-refractivity contribution in [1.82, 2.24) is 0 Å². The Hall–Kier alpha value is -0.910. The molecule has 4 nitrogen and oxygen atoms in total. The summed E-state index contributed by atoms with van der Waals surface area (Å²) in [6, 6.07) is 3.40. The Bertz CT molecular complexity index is 341. The van der Waals surface area contributed by atoms with Crippen molar-refractivity contribution in [2.45, 2.75) is 19.1 Å². The third-order valence-electron chi connectivity index (χ3n) is 2.22. The number of carboxylic acids is 1. The van der Waals surface area contributed by atoms with Crippen molar-refractivity contribution in [2.75, 3.05) is 13.2 Å². The number of carbonyl (C=O) groups is 1. The molecule has 1 aromatic rings. The van der Waals surface area contributed by atoms with Gasteiger partial charge in [-0.3, -0.25) is 0 Å². The molecular formula is C10H12O4S. The van der Waals surface area contributed by atoms with Gasteiger partial charge in [-0.25, -0.2) is 4.79 Å². The molecule has 0 aliphatic carbocycles. The first-order valence-corrected chi connectivity index (χ1v) is 5.58. The molecule has 1 N–H and O–H groups in total. The standard InChI is InChI=1S/C10H12O4S/c11-10(12)9-2-1-8(15-9)6-14-7-3-4-13-5-7/h1-2,7H,3-6H2,(H,11,12). The lowest BCUT2D eigenvalue weighted by Crippen LogP contribution is -2.11. The van der Waals surface area contributed by atoms with Gasteiger partial charge in [0, 0.05) is 11.5 Å². The molecule has 2 rings (SSSR count). The van der Waals surface area contributed by atoms with E-state index >= 15 is 0 Å². The fourth-order valence-corrected chi connectivity index (χ4v) is 2.18. The van der Waals surface area contributed by atoms with Crippen LogP contribution in [0.1, 0.15) is 21.0 Å². The molecular weight excluding hydrogens is 216 g/mol. The first-order chi connectivity index (χ1) is 7.25. The van der Waals surface area contributed by atoms with Gasteiger partial charge in [-0.2, -0.15) is 0 Å². The molecule has 0 bridgehead atoms. The largest absolute Gasteiger partial charge is 0.477 e. The minimum atomic E-state index is -0.879. The molecule has 0 saturated carbocycles. The summed E-state index contributed by atoms with van der Waals surface area (Å²) in [6.07, 6.45) is 1.09. The smallest absolute Gasteiger partial charge is 0.345 e. The summed E-state index contributed by atoms with van der Waals surface area (Å²) in [5.74, 6) is -0.879. The van der Waals surface area contributed by atoms with Crippen molar-refractivity contribution in [2.24, 2.45) is 0 Å². The zero-order valence-corrected chi connectivity index (χ0v) is 8.96. The number of hydrogen-bond acceptors (Lipinski definition) is 4. The lowest BCUT2D eigenvalue weighted by atomic mass is 10.3. The van der Waals surface area contributed by atoms with Crippen LogP contribution in [0.2, 0.25) is 0 Å². The second-order valence-electron chi connectivity index (χ2n) is 3.37. The highest BCUT2D eigenvalue weighted by Crippen LogP contribution is 2.19. The predicted octanol–water partition coefficient (Wildman–Crippen LogP) is 1.75. The molecule has 0 radical (unpaired) electrons. The van der Waals surface area contributed by atoms with E-state index in [1.54, 1.807) is 12.1 Å². The highest BCUT2D eigenvalue weighted by atomic mass is 32.1. The van der Waals surface area contributed by atoms with Gasteiger partial charge in [-0.05, 0) is 18.6 Å². The van der Waals surface area contributed by atoms with Crippen molar-refractivity contribution in [3.8, 4) is 0 Å². The maximum absolute atomic E-state index is 10.6. The van der Waals surface area contributed by atoms with Crippen molar-refractivity contribution in [3.63, 3.8) is 0 Å². The number of aromatic carboxylic acids is 1. The van der Waals surface area contributed by atoms with Crippen LogP contribution in [0.5, 0.6) is 0 Å². The molecule has 82 valence electrons. The number of thiophene rings is 1. The SMILES string of the molecule is O=C(O)c1ccc(COC2CCOC2)s1. The minimum absolute atomic E-state index is 0.167. The van der Waals surface area contributed by atoms with Crippen molar-refractivity contribution < 1.29 is 19.4 Å². The summed E-state index contributed by atoms with van der Waals surface area (Å²) in [6.45, 7) is 1.89. The Balaban J connectivity index is 1.84. The van der Waals surface area contributed by atoms with Gasteiger partial charge < -0.3 is 14.6 Å². The van der Waals surface area contributed by atoms with Gasteiger partial charge in [0.1, 0.15) is 4.88 Å². The Morgan fingerprint density at radius 3 is 3.13 bits per heavy atom. The fourth-order valence-electron chi connectivity index (χ4n) is 1.41. The third kappa shape index (κ3) is 2.77. The molecule has 2 heterocycles. The quantitative estimate of drug-likeness (QED) is 0.853. The first-order valence-electron chi connectivity index (χ1n) is 4.77. The topological polar surface area (TPSA) is 55.8 Å². The van der Waals surface area contributed by atoms with E-state index in [2.05, 4.69) is 0 Å². The summed E-state index contributed by atoms with van der Waals surface area (Å²) in [4.78, 5) is 11.9.